The Balaban J connectivity index is 1.93. The van der Waals surface area contributed by atoms with Gasteiger partial charge in [-0.15, -0.1) is 0 Å². The first-order chi connectivity index (χ1) is 14.5. The Hall–Kier alpha value is -3.81. The summed E-state index contributed by atoms with van der Waals surface area (Å²) in [6, 6.07) is 10.1. The summed E-state index contributed by atoms with van der Waals surface area (Å²) in [6.07, 6.45) is -8.70. The zero-order chi connectivity index (χ0) is 22.8. The first-order valence-electron chi connectivity index (χ1n) is 8.49. The maximum Gasteiger partial charge on any atom is 0.422 e. The summed E-state index contributed by atoms with van der Waals surface area (Å²) in [4.78, 5) is 16.4. The van der Waals surface area contributed by atoms with Crippen LogP contribution in [0.4, 0.5) is 32.0 Å². The molecule has 1 aromatic heterocycles. The lowest BCUT2D eigenvalue weighted by Gasteiger charge is -2.16. The normalized spacial score (nSPS) is 11.8. The van der Waals surface area contributed by atoms with Gasteiger partial charge in [-0.3, -0.25) is 9.78 Å². The van der Waals surface area contributed by atoms with Crippen LogP contribution in [0.5, 0.6) is 5.75 Å². The Kier molecular flexibility index (Phi) is 5.75. The van der Waals surface area contributed by atoms with Crippen molar-refractivity contribution < 1.29 is 35.9 Å². The largest absolute Gasteiger partial charge is 0.483 e. The summed E-state index contributed by atoms with van der Waals surface area (Å²) < 4.78 is 82.4. The lowest BCUT2D eigenvalue weighted by molar-refractivity contribution is -0.153. The molecule has 3 rings (SSSR count). The van der Waals surface area contributed by atoms with Crippen molar-refractivity contribution in [2.45, 2.75) is 12.4 Å². The number of ether oxygens (including phenoxy) is 1. The number of nitriles is 1. The predicted octanol–water partition coefficient (Wildman–Crippen LogP) is 5.32. The smallest absolute Gasteiger partial charge is 0.422 e. The lowest BCUT2D eigenvalue weighted by atomic mass is 10.0. The highest BCUT2D eigenvalue weighted by molar-refractivity contribution is 6.08. The molecule has 0 saturated heterocycles. The zero-order valence-corrected chi connectivity index (χ0v) is 15.3. The quantitative estimate of drug-likeness (QED) is 0.559. The second-order valence-corrected chi connectivity index (χ2v) is 6.24. The number of aromatic nitrogens is 1. The number of rotatable bonds is 4. The highest BCUT2D eigenvalue weighted by atomic mass is 19.4. The Morgan fingerprint density at radius 2 is 1.81 bits per heavy atom. The van der Waals surface area contributed by atoms with Crippen LogP contribution in [0, 0.1) is 11.3 Å². The van der Waals surface area contributed by atoms with Crippen molar-refractivity contribution in [2.75, 3.05) is 11.9 Å². The van der Waals surface area contributed by atoms with Gasteiger partial charge >= 0.3 is 12.4 Å². The Morgan fingerprint density at radius 3 is 2.45 bits per heavy atom. The van der Waals surface area contributed by atoms with Crippen LogP contribution in [-0.4, -0.2) is 23.7 Å². The summed E-state index contributed by atoms with van der Waals surface area (Å²) in [6.45, 7) is -1.63. The van der Waals surface area contributed by atoms with Gasteiger partial charge in [-0.25, -0.2) is 0 Å². The number of fused-ring (bicyclic) bond motifs is 1. The minimum absolute atomic E-state index is 0.0457. The number of nitrogens with zero attached hydrogens (tertiary/aromatic N) is 2. The SMILES string of the molecule is N#Cc1cc(NC(=O)c2cnc3ccccc3c2C(F)(F)F)ccc1OCC(F)(F)F. The monoisotopic (exact) mass is 439 g/mol. The molecule has 3 aromatic rings. The predicted molar refractivity (Wildman–Crippen MR) is 97.4 cm³/mol. The minimum Gasteiger partial charge on any atom is -0.483 e. The zero-order valence-electron chi connectivity index (χ0n) is 15.3. The average Bonchev–Trinajstić information content (AvgIpc) is 2.70. The third kappa shape index (κ3) is 5.03. The average molecular weight is 439 g/mol. The second-order valence-electron chi connectivity index (χ2n) is 6.24. The number of para-hydroxylation sites is 1. The first-order valence-corrected chi connectivity index (χ1v) is 8.49. The van der Waals surface area contributed by atoms with Crippen molar-refractivity contribution in [1.82, 2.24) is 4.98 Å². The number of carbonyl (C=O) groups is 1. The maximum atomic E-state index is 13.7. The standard InChI is InChI=1S/C20H11F6N3O2/c21-19(22,23)10-31-16-6-5-12(7-11(16)8-27)29-18(30)14-9-28-15-4-2-1-3-13(15)17(14)20(24,25)26/h1-7,9H,10H2,(H,29,30). The number of anilines is 1. The van der Waals surface area contributed by atoms with Crippen LogP contribution in [-0.2, 0) is 6.18 Å². The number of hydrogen-bond donors (Lipinski definition) is 1. The molecule has 0 unspecified atom stereocenters. The number of benzene rings is 2. The second kappa shape index (κ2) is 8.14. The molecule has 0 radical (unpaired) electrons. The molecule has 160 valence electrons. The van der Waals surface area contributed by atoms with E-state index < -0.39 is 36.0 Å². The van der Waals surface area contributed by atoms with E-state index in [4.69, 9.17) is 5.26 Å². The summed E-state index contributed by atoms with van der Waals surface area (Å²) in [7, 11) is 0. The molecule has 31 heavy (non-hydrogen) atoms. The van der Waals surface area contributed by atoms with Crippen LogP contribution in [0.2, 0.25) is 0 Å². The molecule has 11 heteroatoms. The minimum atomic E-state index is -4.86. The van der Waals surface area contributed by atoms with Crippen molar-refractivity contribution in [3.8, 4) is 11.8 Å². The van der Waals surface area contributed by atoms with Gasteiger partial charge in [0.15, 0.2) is 6.61 Å². The van der Waals surface area contributed by atoms with Gasteiger partial charge in [0.2, 0.25) is 0 Å². The molecule has 0 aliphatic carbocycles. The van der Waals surface area contributed by atoms with Crippen molar-refractivity contribution >= 4 is 22.5 Å². The summed E-state index contributed by atoms with van der Waals surface area (Å²) in [5.41, 5.74) is -2.33. The van der Waals surface area contributed by atoms with Gasteiger partial charge in [-0.05, 0) is 24.3 Å². The molecule has 0 saturated carbocycles. The fraction of sp³-hybridized carbons (Fsp3) is 0.150. The Bertz CT molecular complexity index is 1180. The van der Waals surface area contributed by atoms with E-state index in [-0.39, 0.29) is 27.9 Å². The molecule has 2 aromatic carbocycles. The van der Waals surface area contributed by atoms with Gasteiger partial charge < -0.3 is 10.1 Å². The van der Waals surface area contributed by atoms with Gasteiger partial charge in [-0.1, -0.05) is 18.2 Å². The van der Waals surface area contributed by atoms with E-state index in [9.17, 15) is 31.1 Å². The highest BCUT2D eigenvalue weighted by Crippen LogP contribution is 2.37. The Labute approximate surface area is 170 Å². The fourth-order valence-corrected chi connectivity index (χ4v) is 2.80. The van der Waals surface area contributed by atoms with Crippen molar-refractivity contribution in [1.29, 1.82) is 5.26 Å². The van der Waals surface area contributed by atoms with Crippen LogP contribution < -0.4 is 10.1 Å². The van der Waals surface area contributed by atoms with Gasteiger partial charge in [0.25, 0.3) is 5.91 Å². The molecule has 0 aliphatic heterocycles. The van der Waals surface area contributed by atoms with E-state index in [1.165, 1.54) is 24.3 Å². The van der Waals surface area contributed by atoms with E-state index in [0.29, 0.717) is 0 Å². The number of amides is 1. The molecule has 0 aliphatic rings. The molecule has 1 heterocycles. The van der Waals surface area contributed by atoms with Gasteiger partial charge in [0.1, 0.15) is 11.8 Å². The third-order valence-corrected chi connectivity index (χ3v) is 4.05. The number of nitrogens with one attached hydrogen (secondary N) is 1. The number of halogens is 6. The van der Waals surface area contributed by atoms with E-state index in [0.717, 1.165) is 24.4 Å². The summed E-state index contributed by atoms with van der Waals surface area (Å²) in [5.74, 6) is -1.54. The molecule has 5 nitrogen and oxygen atoms in total. The van der Waals surface area contributed by atoms with Gasteiger partial charge in [-0.2, -0.15) is 31.6 Å². The van der Waals surface area contributed by atoms with Crippen LogP contribution in [0.3, 0.4) is 0 Å². The number of alkyl halides is 6. The van der Waals surface area contributed by atoms with E-state index >= 15 is 0 Å². The third-order valence-electron chi connectivity index (χ3n) is 4.05. The van der Waals surface area contributed by atoms with Crippen LogP contribution in [0.15, 0.2) is 48.7 Å². The van der Waals surface area contributed by atoms with Crippen molar-refractivity contribution in [2.24, 2.45) is 0 Å². The molecule has 0 spiro atoms. The maximum absolute atomic E-state index is 13.7. The van der Waals surface area contributed by atoms with Gasteiger partial charge in [0, 0.05) is 17.3 Å². The van der Waals surface area contributed by atoms with E-state index in [1.807, 2.05) is 0 Å². The molecular weight excluding hydrogens is 428 g/mol. The summed E-state index contributed by atoms with van der Waals surface area (Å²) in [5, 5.41) is 11.0. The fourth-order valence-electron chi connectivity index (χ4n) is 2.80. The van der Waals surface area contributed by atoms with Crippen molar-refractivity contribution in [3.05, 3.63) is 65.4 Å². The van der Waals surface area contributed by atoms with Gasteiger partial charge in [0.05, 0.1) is 22.2 Å². The van der Waals surface area contributed by atoms with Crippen LogP contribution in [0.25, 0.3) is 10.9 Å². The van der Waals surface area contributed by atoms with E-state index in [1.54, 1.807) is 6.07 Å². The number of hydrogen-bond acceptors (Lipinski definition) is 4. The summed E-state index contributed by atoms with van der Waals surface area (Å²) >= 11 is 0. The number of carbonyl (C=O) groups excluding carboxylic acids is 1. The van der Waals surface area contributed by atoms with Crippen LogP contribution >= 0.6 is 0 Å². The first kappa shape index (κ1) is 21.9. The van der Waals surface area contributed by atoms with Crippen molar-refractivity contribution in [3.63, 3.8) is 0 Å². The lowest BCUT2D eigenvalue weighted by Crippen LogP contribution is -2.20. The Morgan fingerprint density at radius 1 is 1.10 bits per heavy atom. The molecule has 1 amide bonds. The molecular formula is C20H11F6N3O2. The molecule has 0 fully saturated rings. The molecule has 1 N–H and O–H groups in total. The topological polar surface area (TPSA) is 75.0 Å². The van der Waals surface area contributed by atoms with Crippen LogP contribution in [0.1, 0.15) is 21.5 Å². The number of pyridine rings is 1. The molecule has 0 bridgehead atoms. The highest BCUT2D eigenvalue weighted by Gasteiger charge is 2.37. The van der Waals surface area contributed by atoms with E-state index in [2.05, 4.69) is 15.0 Å². The molecule has 0 atom stereocenters.